The Balaban J connectivity index is 4.20. The fraction of sp³-hybridized carbons (Fsp3) is 0.778. The molecule has 0 aromatic carbocycles. The summed E-state index contributed by atoms with van der Waals surface area (Å²) in [5.41, 5.74) is 0. The van der Waals surface area contributed by atoms with Crippen molar-refractivity contribution in [3.05, 3.63) is 0 Å². The molecule has 0 aromatic rings. The number of carbonyl (C=O) groups is 2. The largest absolute Gasteiger partial charge is 0.469 e. The number of nitrogens with zero attached hydrogens (tertiary/aromatic N) is 1. The Morgan fingerprint density at radius 3 is 2.31 bits per heavy atom. The molecular formula is C9H15F2NO4. The van der Waals surface area contributed by atoms with Gasteiger partial charge in [0.2, 0.25) is 0 Å². The lowest BCUT2D eigenvalue weighted by molar-refractivity contribution is -0.146. The van der Waals surface area contributed by atoms with Crippen LogP contribution in [0.25, 0.3) is 0 Å². The number of hydrogen-bond donors (Lipinski definition) is 0. The first-order chi connectivity index (χ1) is 7.52. The molecule has 0 unspecified atom stereocenters. The summed E-state index contributed by atoms with van der Waals surface area (Å²) in [4.78, 5) is 22.7. The molecule has 0 bridgehead atoms. The van der Waals surface area contributed by atoms with E-state index in [-0.39, 0.29) is 26.1 Å². The van der Waals surface area contributed by atoms with Crippen molar-refractivity contribution in [2.24, 2.45) is 0 Å². The predicted molar refractivity (Wildman–Crippen MR) is 51.1 cm³/mol. The van der Waals surface area contributed by atoms with E-state index >= 15 is 0 Å². The summed E-state index contributed by atoms with van der Waals surface area (Å²) in [6.45, 7) is 0.0650. The lowest BCUT2D eigenvalue weighted by Crippen LogP contribution is -2.39. The smallest absolute Gasteiger partial charge is 0.315 e. The number of ether oxygens (including phenoxy) is 2. The number of amides is 1. The van der Waals surface area contributed by atoms with Gasteiger partial charge in [0.25, 0.3) is 5.91 Å². The zero-order chi connectivity index (χ0) is 12.6. The molecule has 0 rings (SSSR count). The van der Waals surface area contributed by atoms with Gasteiger partial charge in [0.15, 0.2) is 0 Å². The second-order valence-electron chi connectivity index (χ2n) is 2.94. The van der Waals surface area contributed by atoms with Crippen LogP contribution in [-0.2, 0) is 19.1 Å². The third-order valence-corrected chi connectivity index (χ3v) is 1.88. The van der Waals surface area contributed by atoms with E-state index in [1.165, 1.54) is 14.2 Å². The maximum Gasteiger partial charge on any atom is 0.315 e. The van der Waals surface area contributed by atoms with Crippen LogP contribution in [0.3, 0.4) is 0 Å². The van der Waals surface area contributed by atoms with Gasteiger partial charge in [-0.25, -0.2) is 0 Å². The Bertz CT molecular complexity index is 236. The number of methoxy groups -OCH3 is 2. The van der Waals surface area contributed by atoms with Crippen molar-refractivity contribution in [2.75, 3.05) is 33.9 Å². The van der Waals surface area contributed by atoms with Crippen LogP contribution < -0.4 is 0 Å². The summed E-state index contributed by atoms with van der Waals surface area (Å²) in [6, 6.07) is 0. The van der Waals surface area contributed by atoms with Crippen molar-refractivity contribution < 1.29 is 27.8 Å². The second-order valence-corrected chi connectivity index (χ2v) is 2.94. The van der Waals surface area contributed by atoms with Gasteiger partial charge in [-0.15, -0.1) is 0 Å². The molecule has 7 heteroatoms. The summed E-state index contributed by atoms with van der Waals surface area (Å²) >= 11 is 0. The lowest BCUT2D eigenvalue weighted by atomic mass is 10.3. The SMILES string of the molecule is COCCN(CCC(=O)OC)C(=O)C(F)F. The van der Waals surface area contributed by atoms with E-state index in [9.17, 15) is 18.4 Å². The highest BCUT2D eigenvalue weighted by molar-refractivity contribution is 5.80. The highest BCUT2D eigenvalue weighted by Crippen LogP contribution is 2.02. The van der Waals surface area contributed by atoms with Crippen molar-refractivity contribution in [2.45, 2.75) is 12.8 Å². The van der Waals surface area contributed by atoms with E-state index in [1.807, 2.05) is 0 Å². The number of carbonyl (C=O) groups excluding carboxylic acids is 2. The number of hydrogen-bond acceptors (Lipinski definition) is 4. The molecule has 16 heavy (non-hydrogen) atoms. The molecule has 0 aromatic heterocycles. The summed E-state index contributed by atoms with van der Waals surface area (Å²) in [5.74, 6) is -1.86. The molecule has 1 amide bonds. The molecule has 0 aliphatic carbocycles. The Hall–Kier alpha value is -1.24. The molecule has 0 heterocycles. The molecule has 0 saturated carbocycles. The zero-order valence-electron chi connectivity index (χ0n) is 9.24. The van der Waals surface area contributed by atoms with Crippen molar-refractivity contribution in [1.82, 2.24) is 4.90 Å². The molecular weight excluding hydrogens is 224 g/mol. The van der Waals surface area contributed by atoms with E-state index in [0.29, 0.717) is 0 Å². The average Bonchev–Trinajstić information content (AvgIpc) is 2.27. The van der Waals surface area contributed by atoms with Crippen molar-refractivity contribution in [3.8, 4) is 0 Å². The van der Waals surface area contributed by atoms with Gasteiger partial charge >= 0.3 is 12.4 Å². The average molecular weight is 239 g/mol. The van der Waals surface area contributed by atoms with Crippen LogP contribution in [0.4, 0.5) is 8.78 Å². The minimum absolute atomic E-state index is 0.0245. The van der Waals surface area contributed by atoms with Gasteiger partial charge in [-0.3, -0.25) is 9.59 Å². The molecule has 0 N–H and O–H groups in total. The molecule has 0 saturated heterocycles. The number of rotatable bonds is 7. The number of alkyl halides is 2. The van der Waals surface area contributed by atoms with E-state index in [4.69, 9.17) is 0 Å². The first-order valence-electron chi connectivity index (χ1n) is 4.65. The maximum absolute atomic E-state index is 12.2. The molecule has 0 spiro atoms. The molecule has 0 atom stereocenters. The third-order valence-electron chi connectivity index (χ3n) is 1.88. The minimum atomic E-state index is -3.07. The van der Waals surface area contributed by atoms with Gasteiger partial charge < -0.3 is 14.4 Å². The Kier molecular flexibility index (Phi) is 7.36. The van der Waals surface area contributed by atoms with Gasteiger partial charge in [-0.2, -0.15) is 8.78 Å². The van der Waals surface area contributed by atoms with Crippen LogP contribution >= 0.6 is 0 Å². The van der Waals surface area contributed by atoms with Crippen molar-refractivity contribution >= 4 is 11.9 Å². The van der Waals surface area contributed by atoms with Crippen LogP contribution in [0.1, 0.15) is 6.42 Å². The highest BCUT2D eigenvalue weighted by atomic mass is 19.3. The summed E-state index contributed by atoms with van der Waals surface area (Å²) < 4.78 is 33.4. The molecule has 0 radical (unpaired) electrons. The molecule has 0 aliphatic rings. The molecule has 0 aliphatic heterocycles. The van der Waals surface area contributed by atoms with E-state index in [0.717, 1.165) is 4.90 Å². The highest BCUT2D eigenvalue weighted by Gasteiger charge is 2.23. The van der Waals surface area contributed by atoms with Gasteiger partial charge in [0, 0.05) is 20.2 Å². The first-order valence-corrected chi connectivity index (χ1v) is 4.65. The van der Waals surface area contributed by atoms with Gasteiger partial charge in [-0.1, -0.05) is 0 Å². The van der Waals surface area contributed by atoms with Gasteiger partial charge in [0.05, 0.1) is 20.1 Å². The van der Waals surface area contributed by atoms with Crippen LogP contribution in [0, 0.1) is 0 Å². The van der Waals surface area contributed by atoms with E-state index in [2.05, 4.69) is 9.47 Å². The lowest BCUT2D eigenvalue weighted by Gasteiger charge is -2.21. The predicted octanol–water partition coefficient (Wildman–Crippen LogP) is 0.290. The molecule has 0 fully saturated rings. The van der Waals surface area contributed by atoms with Gasteiger partial charge in [0.1, 0.15) is 0 Å². The van der Waals surface area contributed by atoms with Gasteiger partial charge in [-0.05, 0) is 0 Å². The van der Waals surface area contributed by atoms with Crippen LogP contribution in [0.5, 0.6) is 0 Å². The van der Waals surface area contributed by atoms with Crippen molar-refractivity contribution in [3.63, 3.8) is 0 Å². The monoisotopic (exact) mass is 239 g/mol. The van der Waals surface area contributed by atoms with E-state index < -0.39 is 18.3 Å². The van der Waals surface area contributed by atoms with Crippen LogP contribution in [0.2, 0.25) is 0 Å². The number of esters is 1. The Morgan fingerprint density at radius 1 is 1.25 bits per heavy atom. The summed E-state index contributed by atoms with van der Waals surface area (Å²) in [6.07, 6.45) is -3.19. The second kappa shape index (κ2) is 7.98. The quantitative estimate of drug-likeness (QED) is 0.599. The molecule has 94 valence electrons. The topological polar surface area (TPSA) is 55.8 Å². The minimum Gasteiger partial charge on any atom is -0.469 e. The molecule has 5 nitrogen and oxygen atoms in total. The Labute approximate surface area is 92.3 Å². The van der Waals surface area contributed by atoms with Crippen LogP contribution in [0.15, 0.2) is 0 Å². The number of halogens is 2. The van der Waals surface area contributed by atoms with E-state index in [1.54, 1.807) is 0 Å². The normalized spacial score (nSPS) is 10.3. The summed E-state index contributed by atoms with van der Waals surface area (Å²) in [5, 5.41) is 0. The zero-order valence-corrected chi connectivity index (χ0v) is 9.24. The first kappa shape index (κ1) is 14.8. The summed E-state index contributed by atoms with van der Waals surface area (Å²) in [7, 11) is 2.59. The van der Waals surface area contributed by atoms with Crippen molar-refractivity contribution in [1.29, 1.82) is 0 Å². The Morgan fingerprint density at radius 2 is 1.88 bits per heavy atom. The van der Waals surface area contributed by atoms with Crippen LogP contribution in [-0.4, -0.2) is 57.1 Å². The third kappa shape index (κ3) is 5.59. The maximum atomic E-state index is 12.2. The fourth-order valence-electron chi connectivity index (χ4n) is 1.000. The fourth-order valence-corrected chi connectivity index (χ4v) is 1.000. The standard InChI is InChI=1S/C9H15F2NO4/c1-15-6-5-12(9(14)8(10)11)4-3-7(13)16-2/h8H,3-6H2,1-2H3.